The molecule has 3 N–H and O–H groups in total. The lowest BCUT2D eigenvalue weighted by atomic mass is 9.79. The van der Waals surface area contributed by atoms with Crippen molar-refractivity contribution < 1.29 is 18.3 Å². The Hall–Kier alpha value is -1.58. The largest absolute Gasteiger partial charge is 0.481 e. The number of nitrogens with zero attached hydrogens (tertiary/aromatic N) is 2. The molecule has 2 aliphatic carbocycles. The van der Waals surface area contributed by atoms with Gasteiger partial charge in [-0.05, 0) is 38.5 Å². The fourth-order valence-corrected chi connectivity index (χ4v) is 4.40. The van der Waals surface area contributed by atoms with Crippen molar-refractivity contribution in [2.45, 2.75) is 38.6 Å². The number of ether oxygens (including phenoxy) is 1. The zero-order chi connectivity index (χ0) is 16.6. The van der Waals surface area contributed by atoms with E-state index >= 15 is 0 Å². The van der Waals surface area contributed by atoms with Gasteiger partial charge in [-0.15, -0.1) is 0 Å². The second-order valence-corrected chi connectivity index (χ2v) is 6.98. The molecular formula is C14H20N4O4S. The lowest BCUT2D eigenvalue weighted by Crippen LogP contribution is -2.49. The van der Waals surface area contributed by atoms with E-state index in [-0.39, 0.29) is 17.9 Å². The quantitative estimate of drug-likeness (QED) is 0.690. The van der Waals surface area contributed by atoms with Crippen LogP contribution in [0.4, 0.5) is 5.95 Å². The molecule has 0 saturated heterocycles. The molecule has 8 nitrogen and oxygen atoms in total. The van der Waals surface area contributed by atoms with Gasteiger partial charge in [-0.25, -0.2) is 13.9 Å². The van der Waals surface area contributed by atoms with Crippen molar-refractivity contribution in [3.63, 3.8) is 0 Å². The minimum atomic E-state index is -2.14. The molecule has 0 aliphatic heterocycles. The predicted octanol–water partition coefficient (Wildman–Crippen LogP) is 1.02. The number of carbonyl (C=O) groups excluding carboxylic acids is 1. The third kappa shape index (κ3) is 3.08. The Morgan fingerprint density at radius 2 is 2.30 bits per heavy atom. The number of methoxy groups -OCH3 is 1. The maximum Gasteiger partial charge on any atom is 0.234 e. The highest BCUT2D eigenvalue weighted by Gasteiger charge is 2.57. The summed E-state index contributed by atoms with van der Waals surface area (Å²) < 4.78 is 27.9. The Kier molecular flexibility index (Phi) is 4.35. The number of aryl methyl sites for hydroxylation is 1. The molecule has 1 aromatic rings. The average Bonchev–Trinajstić information content (AvgIpc) is 3.05. The topological polar surface area (TPSA) is 113 Å². The van der Waals surface area contributed by atoms with E-state index in [1.165, 1.54) is 7.11 Å². The lowest BCUT2D eigenvalue weighted by Gasteiger charge is -2.32. The van der Waals surface area contributed by atoms with E-state index < -0.39 is 16.7 Å². The van der Waals surface area contributed by atoms with Crippen LogP contribution in [0.1, 0.15) is 31.4 Å². The number of carbonyl (C=O) groups is 1. The van der Waals surface area contributed by atoms with Crippen molar-refractivity contribution in [1.29, 1.82) is 0 Å². The van der Waals surface area contributed by atoms with Crippen LogP contribution in [-0.4, -0.2) is 37.8 Å². The molecule has 23 heavy (non-hydrogen) atoms. The van der Waals surface area contributed by atoms with Crippen LogP contribution in [-0.2, 0) is 16.1 Å². The Bertz CT molecular complexity index is 656. The van der Waals surface area contributed by atoms with E-state index in [2.05, 4.69) is 20.0 Å². The van der Waals surface area contributed by atoms with Gasteiger partial charge in [-0.2, -0.15) is 4.98 Å². The SMILES string of the molecule is COc1cc(C)nc(NC(=O)C23CCC(CC2NS(=O)O)C3)n1. The van der Waals surface area contributed by atoms with Crippen LogP contribution in [0, 0.1) is 18.3 Å². The minimum Gasteiger partial charge on any atom is -0.481 e. The first-order valence-corrected chi connectivity index (χ1v) is 8.62. The van der Waals surface area contributed by atoms with E-state index in [9.17, 15) is 9.00 Å². The number of rotatable bonds is 5. The first kappa shape index (κ1) is 16.3. The summed E-state index contributed by atoms with van der Waals surface area (Å²) in [5.74, 6) is 0.787. The molecule has 126 valence electrons. The van der Waals surface area contributed by atoms with Crippen LogP contribution in [0.2, 0.25) is 0 Å². The number of anilines is 1. The number of amides is 1. The maximum absolute atomic E-state index is 12.8. The normalized spacial score (nSPS) is 30.2. The summed E-state index contributed by atoms with van der Waals surface area (Å²) in [4.78, 5) is 21.2. The van der Waals surface area contributed by atoms with E-state index in [4.69, 9.17) is 9.29 Å². The van der Waals surface area contributed by atoms with Gasteiger partial charge in [0.2, 0.25) is 29.0 Å². The van der Waals surface area contributed by atoms with Crippen LogP contribution < -0.4 is 14.8 Å². The van der Waals surface area contributed by atoms with E-state index in [1.54, 1.807) is 13.0 Å². The summed E-state index contributed by atoms with van der Waals surface area (Å²) in [6.07, 6.45) is 3.11. The summed E-state index contributed by atoms with van der Waals surface area (Å²) in [5.41, 5.74) is 0.00940. The van der Waals surface area contributed by atoms with Gasteiger partial charge in [0.1, 0.15) is 0 Å². The summed E-state index contributed by atoms with van der Waals surface area (Å²) in [6.45, 7) is 1.79. The van der Waals surface area contributed by atoms with Crippen molar-refractivity contribution in [3.05, 3.63) is 11.8 Å². The van der Waals surface area contributed by atoms with E-state index in [1.807, 2.05) is 0 Å². The first-order valence-electron chi connectivity index (χ1n) is 7.51. The van der Waals surface area contributed by atoms with Gasteiger partial charge in [0.05, 0.1) is 12.5 Å². The van der Waals surface area contributed by atoms with Crippen molar-refractivity contribution >= 4 is 23.1 Å². The van der Waals surface area contributed by atoms with Gasteiger partial charge >= 0.3 is 0 Å². The summed E-state index contributed by atoms with van der Waals surface area (Å²) in [5, 5.41) is 2.76. The fraction of sp³-hybridized carbons (Fsp3) is 0.643. The highest BCUT2D eigenvalue weighted by atomic mass is 32.2. The Morgan fingerprint density at radius 3 is 2.96 bits per heavy atom. The number of hydrogen-bond donors (Lipinski definition) is 3. The smallest absolute Gasteiger partial charge is 0.234 e. The third-order valence-electron chi connectivity index (χ3n) is 4.85. The van der Waals surface area contributed by atoms with Crippen molar-refractivity contribution in [2.24, 2.45) is 11.3 Å². The Balaban J connectivity index is 1.81. The molecule has 9 heteroatoms. The second-order valence-electron chi connectivity index (χ2n) is 6.25. The molecule has 0 aromatic carbocycles. The van der Waals surface area contributed by atoms with Gasteiger partial charge in [0, 0.05) is 17.8 Å². The second kappa shape index (κ2) is 6.14. The first-order chi connectivity index (χ1) is 10.9. The summed E-state index contributed by atoms with van der Waals surface area (Å²) >= 11 is -2.14. The molecule has 1 heterocycles. The van der Waals surface area contributed by atoms with E-state index in [0.717, 1.165) is 19.3 Å². The van der Waals surface area contributed by atoms with Crippen LogP contribution in [0.5, 0.6) is 5.88 Å². The molecule has 0 radical (unpaired) electrons. The van der Waals surface area contributed by atoms with Crippen LogP contribution in [0.15, 0.2) is 6.07 Å². The van der Waals surface area contributed by atoms with Gasteiger partial charge in [0.25, 0.3) is 0 Å². The Morgan fingerprint density at radius 1 is 1.52 bits per heavy atom. The summed E-state index contributed by atoms with van der Waals surface area (Å²) in [6, 6.07) is 1.37. The number of nitrogens with one attached hydrogen (secondary N) is 2. The molecule has 2 fully saturated rings. The van der Waals surface area contributed by atoms with Crippen LogP contribution >= 0.6 is 0 Å². The molecule has 2 saturated carbocycles. The van der Waals surface area contributed by atoms with E-state index in [0.29, 0.717) is 23.9 Å². The standard InChI is InChI=1S/C14H20N4O4S/c1-8-5-11(22-2)16-13(15-8)17-12(19)14-4-3-9(7-14)6-10(14)18-23(20)21/h5,9-10,18H,3-4,6-7H2,1-2H3,(H,20,21)(H,15,16,17,19). The molecule has 1 amide bonds. The summed E-state index contributed by atoms with van der Waals surface area (Å²) in [7, 11) is 1.50. The zero-order valence-electron chi connectivity index (χ0n) is 13.0. The highest BCUT2D eigenvalue weighted by Crippen LogP contribution is 2.54. The molecule has 0 spiro atoms. The zero-order valence-corrected chi connectivity index (χ0v) is 13.9. The lowest BCUT2D eigenvalue weighted by molar-refractivity contribution is -0.126. The number of fused-ring (bicyclic) bond motifs is 2. The van der Waals surface area contributed by atoms with Crippen molar-refractivity contribution in [2.75, 3.05) is 12.4 Å². The maximum atomic E-state index is 12.8. The minimum absolute atomic E-state index is 0.195. The average molecular weight is 340 g/mol. The fourth-order valence-electron chi connectivity index (χ4n) is 3.83. The van der Waals surface area contributed by atoms with Crippen molar-refractivity contribution in [1.82, 2.24) is 14.7 Å². The van der Waals surface area contributed by atoms with Gasteiger partial charge in [0.15, 0.2) is 0 Å². The van der Waals surface area contributed by atoms with Crippen molar-refractivity contribution in [3.8, 4) is 5.88 Å². The highest BCUT2D eigenvalue weighted by molar-refractivity contribution is 7.77. The third-order valence-corrected chi connectivity index (χ3v) is 5.33. The molecule has 1 aromatic heterocycles. The molecule has 2 bridgehead atoms. The molecule has 2 aliphatic rings. The monoisotopic (exact) mass is 340 g/mol. The van der Waals surface area contributed by atoms with Gasteiger partial charge < -0.3 is 4.74 Å². The number of aromatic nitrogens is 2. The van der Waals surface area contributed by atoms with Gasteiger partial charge in [-0.3, -0.25) is 14.7 Å². The molecule has 3 rings (SSSR count). The molecule has 4 unspecified atom stereocenters. The Labute approximate surface area is 136 Å². The predicted molar refractivity (Wildman–Crippen MR) is 84.0 cm³/mol. The van der Waals surface area contributed by atoms with Gasteiger partial charge in [-0.1, -0.05) is 0 Å². The van der Waals surface area contributed by atoms with Crippen LogP contribution in [0.3, 0.4) is 0 Å². The molecule has 4 atom stereocenters. The number of hydrogen-bond acceptors (Lipinski definition) is 5. The van der Waals surface area contributed by atoms with Crippen LogP contribution in [0.25, 0.3) is 0 Å². The molecular weight excluding hydrogens is 320 g/mol.